The van der Waals surface area contributed by atoms with Crippen LogP contribution >= 0.6 is 0 Å². The van der Waals surface area contributed by atoms with Crippen LogP contribution in [0.3, 0.4) is 0 Å². The molecule has 2 aromatic carbocycles. The molecule has 3 aromatic rings. The van der Waals surface area contributed by atoms with Crippen molar-refractivity contribution in [2.45, 2.75) is 6.42 Å². The Morgan fingerprint density at radius 2 is 1.74 bits per heavy atom. The van der Waals surface area contributed by atoms with E-state index >= 15 is 0 Å². The van der Waals surface area contributed by atoms with Crippen LogP contribution in [0.15, 0.2) is 67.0 Å². The van der Waals surface area contributed by atoms with Gasteiger partial charge in [-0.05, 0) is 36.2 Å². The Balaban J connectivity index is 1.63. The van der Waals surface area contributed by atoms with E-state index in [4.69, 9.17) is 0 Å². The highest BCUT2D eigenvalue weighted by Gasteiger charge is 2.11. The molecule has 6 heteroatoms. The van der Waals surface area contributed by atoms with Crippen LogP contribution in [-0.4, -0.2) is 24.1 Å². The third kappa shape index (κ3) is 4.20. The molecule has 0 spiro atoms. The minimum atomic E-state index is -3.37. The number of sulfonamides is 1. The lowest BCUT2D eigenvalue weighted by atomic mass is 10.2. The number of hydrogen-bond acceptors (Lipinski definition) is 3. The van der Waals surface area contributed by atoms with Gasteiger partial charge in [0.15, 0.2) is 0 Å². The number of anilines is 1. The number of aromatic amines is 1. The molecule has 1 heterocycles. The van der Waals surface area contributed by atoms with Crippen molar-refractivity contribution in [1.29, 1.82) is 0 Å². The van der Waals surface area contributed by atoms with Crippen LogP contribution in [0, 0.1) is 0 Å². The van der Waals surface area contributed by atoms with Crippen molar-refractivity contribution in [1.82, 2.24) is 9.97 Å². The van der Waals surface area contributed by atoms with Gasteiger partial charge in [-0.1, -0.05) is 30.3 Å². The summed E-state index contributed by atoms with van der Waals surface area (Å²) in [5.41, 5.74) is 2.46. The summed E-state index contributed by atoms with van der Waals surface area (Å²) in [7, 11) is -3.37. The van der Waals surface area contributed by atoms with Crippen LogP contribution in [0.5, 0.6) is 0 Å². The molecular weight excluding hydrogens is 310 g/mol. The van der Waals surface area contributed by atoms with E-state index in [-0.39, 0.29) is 5.75 Å². The van der Waals surface area contributed by atoms with Gasteiger partial charge in [-0.15, -0.1) is 0 Å². The third-order valence-electron chi connectivity index (χ3n) is 3.43. The SMILES string of the molecule is O=S(=O)(CCc1ccccc1)Nc1ccc(-c2ncc[nH]2)cc1. The molecule has 2 N–H and O–H groups in total. The lowest BCUT2D eigenvalue weighted by Crippen LogP contribution is -2.18. The highest BCUT2D eigenvalue weighted by molar-refractivity contribution is 7.92. The van der Waals surface area contributed by atoms with E-state index in [1.54, 1.807) is 24.5 Å². The van der Waals surface area contributed by atoms with E-state index in [1.807, 2.05) is 42.5 Å². The monoisotopic (exact) mass is 327 g/mol. The second kappa shape index (κ2) is 6.66. The van der Waals surface area contributed by atoms with Gasteiger partial charge in [0, 0.05) is 23.6 Å². The van der Waals surface area contributed by atoms with Crippen LogP contribution in [0.4, 0.5) is 5.69 Å². The lowest BCUT2D eigenvalue weighted by molar-refractivity contribution is 0.600. The van der Waals surface area contributed by atoms with Gasteiger partial charge in [-0.3, -0.25) is 4.72 Å². The van der Waals surface area contributed by atoms with Gasteiger partial charge < -0.3 is 4.98 Å². The molecule has 0 bridgehead atoms. The van der Waals surface area contributed by atoms with E-state index in [9.17, 15) is 8.42 Å². The zero-order valence-corrected chi connectivity index (χ0v) is 13.3. The molecule has 1 aromatic heterocycles. The largest absolute Gasteiger partial charge is 0.345 e. The lowest BCUT2D eigenvalue weighted by Gasteiger charge is -2.08. The van der Waals surface area contributed by atoms with Crippen molar-refractivity contribution in [3.63, 3.8) is 0 Å². The summed E-state index contributed by atoms with van der Waals surface area (Å²) in [5, 5.41) is 0. The smallest absolute Gasteiger partial charge is 0.233 e. The summed E-state index contributed by atoms with van der Waals surface area (Å²) < 4.78 is 26.9. The first kappa shape index (κ1) is 15.3. The first-order valence-electron chi connectivity index (χ1n) is 7.27. The Kier molecular flexibility index (Phi) is 4.43. The average molecular weight is 327 g/mol. The number of aromatic nitrogens is 2. The summed E-state index contributed by atoms with van der Waals surface area (Å²) in [6.45, 7) is 0. The summed E-state index contributed by atoms with van der Waals surface area (Å²) >= 11 is 0. The van der Waals surface area contributed by atoms with Gasteiger partial charge in [0.1, 0.15) is 5.82 Å². The molecule has 0 aliphatic heterocycles. The summed E-state index contributed by atoms with van der Waals surface area (Å²) in [6.07, 6.45) is 3.91. The maximum Gasteiger partial charge on any atom is 0.233 e. The van der Waals surface area contributed by atoms with Crippen molar-refractivity contribution in [2.75, 3.05) is 10.5 Å². The van der Waals surface area contributed by atoms with Crippen LogP contribution in [-0.2, 0) is 16.4 Å². The molecule has 118 valence electrons. The fourth-order valence-corrected chi connectivity index (χ4v) is 3.35. The van der Waals surface area contributed by atoms with E-state index in [0.717, 1.165) is 17.0 Å². The molecular formula is C17H17N3O2S. The first-order chi connectivity index (χ1) is 11.1. The first-order valence-corrected chi connectivity index (χ1v) is 8.92. The van der Waals surface area contributed by atoms with Crippen LogP contribution < -0.4 is 4.72 Å². The standard InChI is InChI=1S/C17H17N3O2S/c21-23(22,13-10-14-4-2-1-3-5-14)20-16-8-6-15(7-9-16)17-18-11-12-19-17/h1-9,11-12,20H,10,13H2,(H,18,19). The number of aryl methyl sites for hydroxylation is 1. The molecule has 0 amide bonds. The molecule has 0 radical (unpaired) electrons. The summed E-state index contributed by atoms with van der Waals surface area (Å²) in [6, 6.07) is 16.7. The Morgan fingerprint density at radius 1 is 1.00 bits per heavy atom. The van der Waals surface area contributed by atoms with Crippen molar-refractivity contribution < 1.29 is 8.42 Å². The van der Waals surface area contributed by atoms with Gasteiger partial charge >= 0.3 is 0 Å². The van der Waals surface area contributed by atoms with E-state index in [1.165, 1.54) is 0 Å². The minimum absolute atomic E-state index is 0.0525. The fraction of sp³-hybridized carbons (Fsp3) is 0.118. The summed E-state index contributed by atoms with van der Waals surface area (Å²) in [4.78, 5) is 7.17. The predicted molar refractivity (Wildman–Crippen MR) is 91.6 cm³/mol. The van der Waals surface area contributed by atoms with Crippen molar-refractivity contribution in [2.24, 2.45) is 0 Å². The van der Waals surface area contributed by atoms with Crippen LogP contribution in [0.25, 0.3) is 11.4 Å². The molecule has 5 nitrogen and oxygen atoms in total. The Hall–Kier alpha value is -2.60. The highest BCUT2D eigenvalue weighted by atomic mass is 32.2. The molecule has 23 heavy (non-hydrogen) atoms. The predicted octanol–water partition coefficient (Wildman–Crippen LogP) is 3.06. The van der Waals surface area contributed by atoms with Gasteiger partial charge in [0.2, 0.25) is 10.0 Å². The van der Waals surface area contributed by atoms with Crippen LogP contribution in [0.1, 0.15) is 5.56 Å². The Labute approximate surface area is 135 Å². The van der Waals surface area contributed by atoms with E-state index < -0.39 is 10.0 Å². The highest BCUT2D eigenvalue weighted by Crippen LogP contribution is 2.18. The van der Waals surface area contributed by atoms with Crippen molar-refractivity contribution >= 4 is 15.7 Å². The molecule has 0 aliphatic carbocycles. The van der Waals surface area contributed by atoms with Gasteiger partial charge in [0.25, 0.3) is 0 Å². The molecule has 0 saturated carbocycles. The van der Waals surface area contributed by atoms with Gasteiger partial charge in [-0.25, -0.2) is 13.4 Å². The number of rotatable bonds is 6. The maximum absolute atomic E-state index is 12.2. The maximum atomic E-state index is 12.2. The topological polar surface area (TPSA) is 74.8 Å². The zero-order chi connectivity index (χ0) is 16.1. The van der Waals surface area contributed by atoms with Crippen LogP contribution in [0.2, 0.25) is 0 Å². The fourth-order valence-electron chi connectivity index (χ4n) is 2.25. The molecule has 0 saturated heterocycles. The number of benzene rings is 2. The Morgan fingerprint density at radius 3 is 2.39 bits per heavy atom. The number of imidazole rings is 1. The van der Waals surface area contributed by atoms with Crippen molar-refractivity contribution in [3.8, 4) is 11.4 Å². The number of H-pyrrole nitrogens is 1. The molecule has 3 rings (SSSR count). The number of nitrogens with zero attached hydrogens (tertiary/aromatic N) is 1. The zero-order valence-electron chi connectivity index (χ0n) is 12.4. The molecule has 0 aliphatic rings. The van der Waals surface area contributed by atoms with Gasteiger partial charge in [-0.2, -0.15) is 0 Å². The average Bonchev–Trinajstić information content (AvgIpc) is 3.09. The minimum Gasteiger partial charge on any atom is -0.345 e. The normalized spacial score (nSPS) is 11.3. The van der Waals surface area contributed by atoms with E-state index in [0.29, 0.717) is 12.1 Å². The number of nitrogens with one attached hydrogen (secondary N) is 2. The van der Waals surface area contributed by atoms with Crippen molar-refractivity contribution in [3.05, 3.63) is 72.6 Å². The second-order valence-electron chi connectivity index (χ2n) is 5.17. The second-order valence-corrected chi connectivity index (χ2v) is 7.01. The Bertz CT molecular complexity index is 843. The molecule has 0 fully saturated rings. The molecule has 0 atom stereocenters. The van der Waals surface area contributed by atoms with Gasteiger partial charge in [0.05, 0.1) is 5.75 Å². The quantitative estimate of drug-likeness (QED) is 0.730. The van der Waals surface area contributed by atoms with E-state index in [2.05, 4.69) is 14.7 Å². The third-order valence-corrected chi connectivity index (χ3v) is 4.72. The molecule has 0 unspecified atom stereocenters. The summed E-state index contributed by atoms with van der Waals surface area (Å²) in [5.74, 6) is 0.806. The number of hydrogen-bond donors (Lipinski definition) is 2.